The molecule has 5 aliphatic rings. The van der Waals surface area contributed by atoms with E-state index in [9.17, 15) is 14.7 Å². The van der Waals surface area contributed by atoms with E-state index in [0.717, 1.165) is 44.9 Å². The van der Waals surface area contributed by atoms with Crippen LogP contribution < -0.4 is 5.73 Å². The first-order valence-corrected chi connectivity index (χ1v) is 17.1. The Morgan fingerprint density at radius 3 is 2.42 bits per heavy atom. The summed E-state index contributed by atoms with van der Waals surface area (Å²) in [5.74, 6) is 0.0671. The van der Waals surface area contributed by atoms with Gasteiger partial charge < -0.3 is 25.1 Å². The predicted molar refractivity (Wildman–Crippen MR) is 167 cm³/mol. The van der Waals surface area contributed by atoms with Gasteiger partial charge in [-0.2, -0.15) is 0 Å². The van der Waals surface area contributed by atoms with Gasteiger partial charge in [-0.15, -0.1) is 0 Å². The number of carboxylic acids is 1. The summed E-state index contributed by atoms with van der Waals surface area (Å²) in [6.45, 7) is 20.0. The number of unbranched alkanes of at least 4 members (excludes halogenated alkanes) is 1. The fourth-order valence-electron chi connectivity index (χ4n) is 11.6. The molecule has 0 amide bonds. The van der Waals surface area contributed by atoms with E-state index < -0.39 is 11.9 Å². The van der Waals surface area contributed by atoms with Crippen LogP contribution in [0.25, 0.3) is 0 Å². The lowest BCUT2D eigenvalue weighted by Gasteiger charge is -2.71. The van der Waals surface area contributed by atoms with Crippen molar-refractivity contribution in [2.24, 2.45) is 62.4 Å². The van der Waals surface area contributed by atoms with Crippen LogP contribution in [0.3, 0.4) is 0 Å². The van der Waals surface area contributed by atoms with Gasteiger partial charge in [-0.25, -0.2) is 0 Å². The Morgan fingerprint density at radius 2 is 1.79 bits per heavy atom. The number of aliphatic carboxylic acids is 1. The van der Waals surface area contributed by atoms with Gasteiger partial charge in [-0.3, -0.25) is 9.59 Å². The number of ether oxygens (including phenoxy) is 3. The minimum absolute atomic E-state index is 0.142. The second kappa shape index (κ2) is 11.4. The highest BCUT2D eigenvalue weighted by molar-refractivity contribution is 5.73. The topological polar surface area (TPSA) is 108 Å². The largest absolute Gasteiger partial charge is 0.481 e. The van der Waals surface area contributed by atoms with Crippen LogP contribution in [0.5, 0.6) is 0 Å². The van der Waals surface area contributed by atoms with Crippen molar-refractivity contribution in [2.75, 3.05) is 26.4 Å². The Morgan fingerprint density at radius 1 is 1.07 bits per heavy atom. The average molecular weight is 602 g/mol. The quantitative estimate of drug-likeness (QED) is 0.173. The molecule has 3 saturated carbocycles. The van der Waals surface area contributed by atoms with Crippen molar-refractivity contribution in [1.29, 1.82) is 0 Å². The highest BCUT2D eigenvalue weighted by Crippen LogP contribution is 2.75. The van der Waals surface area contributed by atoms with Gasteiger partial charge in [0.2, 0.25) is 0 Å². The van der Waals surface area contributed by atoms with Crippen molar-refractivity contribution in [3.8, 4) is 0 Å². The van der Waals surface area contributed by atoms with Gasteiger partial charge in [0.15, 0.2) is 0 Å². The lowest BCUT2D eigenvalue weighted by Crippen LogP contribution is -2.70. The minimum atomic E-state index is -0.636. The number of rotatable bonds is 9. The summed E-state index contributed by atoms with van der Waals surface area (Å²) in [5.41, 5.74) is 5.92. The van der Waals surface area contributed by atoms with Crippen molar-refractivity contribution in [2.45, 2.75) is 119 Å². The fourth-order valence-corrected chi connectivity index (χ4v) is 11.6. The Labute approximate surface area is 260 Å². The summed E-state index contributed by atoms with van der Waals surface area (Å²) in [4.78, 5) is 25.7. The van der Waals surface area contributed by atoms with Gasteiger partial charge in [0.25, 0.3) is 0 Å². The Balaban J connectivity index is 1.56. The molecule has 1 unspecified atom stereocenters. The van der Waals surface area contributed by atoms with Crippen LogP contribution in [0, 0.1) is 56.7 Å². The molecule has 0 aromatic carbocycles. The van der Waals surface area contributed by atoms with Gasteiger partial charge >= 0.3 is 11.9 Å². The fraction of sp³-hybridized carbons (Fsp3) is 0.889. The standard InChI is InChI=1S/C36H59NO6/c1-22(2)23(3)32(5)15-16-34(7)25-11-12-28-33(6)20-41-21-36(28,26(25)13-14-35(34,8)29(32)31(39)40)19-27(43-24(4)38)30(33)42-18-10-9-17-37/h13,22-23,25,27-30H,9-12,14-21,37H2,1-8H3,(H,39,40)/t23-,25+,27-,28?,29-,30+,32-,33+,34-,35+,36+/m1/s1. The molecule has 3 N–H and O–H groups in total. The highest BCUT2D eigenvalue weighted by atomic mass is 16.6. The molecule has 1 heterocycles. The number of hydrogen-bond donors (Lipinski definition) is 2. The maximum Gasteiger partial charge on any atom is 0.307 e. The number of allylic oxidation sites excluding steroid dienone is 1. The zero-order chi connectivity index (χ0) is 31.6. The van der Waals surface area contributed by atoms with E-state index in [1.54, 1.807) is 0 Å². The number of carbonyl (C=O) groups excluding carboxylic acids is 1. The van der Waals surface area contributed by atoms with Gasteiger partial charge in [0, 0.05) is 24.4 Å². The van der Waals surface area contributed by atoms with Crippen molar-refractivity contribution >= 4 is 11.9 Å². The van der Waals surface area contributed by atoms with E-state index in [2.05, 4.69) is 54.5 Å². The monoisotopic (exact) mass is 601 g/mol. The maximum atomic E-state index is 13.3. The molecule has 1 aliphatic heterocycles. The Kier molecular flexibility index (Phi) is 8.75. The molecule has 1 saturated heterocycles. The molecule has 244 valence electrons. The average Bonchev–Trinajstić information content (AvgIpc) is 2.92. The molecule has 2 bridgehead atoms. The highest BCUT2D eigenvalue weighted by Gasteiger charge is 2.72. The number of nitrogens with two attached hydrogens (primary N) is 1. The molecule has 5 rings (SSSR count). The molecular formula is C36H59NO6. The molecule has 0 aromatic rings. The molecule has 11 atom stereocenters. The second-order valence-electron chi connectivity index (χ2n) is 16.5. The van der Waals surface area contributed by atoms with Crippen LogP contribution in [-0.2, 0) is 23.8 Å². The molecule has 7 heteroatoms. The first kappa shape index (κ1) is 32.9. The van der Waals surface area contributed by atoms with E-state index in [1.807, 2.05) is 0 Å². The lowest BCUT2D eigenvalue weighted by molar-refractivity contribution is -0.267. The van der Waals surface area contributed by atoms with Gasteiger partial charge in [-0.05, 0) is 97.8 Å². The molecular weight excluding hydrogens is 542 g/mol. The van der Waals surface area contributed by atoms with Gasteiger partial charge in [0.05, 0.1) is 19.1 Å². The summed E-state index contributed by atoms with van der Waals surface area (Å²) in [5, 5.41) is 10.9. The lowest BCUT2D eigenvalue weighted by atomic mass is 9.34. The number of carboxylic acid groups (broad SMARTS) is 1. The number of carbonyl (C=O) groups is 2. The molecule has 0 spiro atoms. The normalized spacial score (nSPS) is 46.2. The van der Waals surface area contributed by atoms with E-state index in [1.165, 1.54) is 12.5 Å². The molecule has 0 aromatic heterocycles. The Bertz CT molecular complexity index is 1120. The van der Waals surface area contributed by atoms with Crippen molar-refractivity contribution < 1.29 is 28.9 Å². The third-order valence-corrected chi connectivity index (χ3v) is 14.3. The number of esters is 1. The number of hydrogen-bond acceptors (Lipinski definition) is 6. The third kappa shape index (κ3) is 4.76. The summed E-state index contributed by atoms with van der Waals surface area (Å²) in [6, 6.07) is 0. The van der Waals surface area contributed by atoms with Crippen LogP contribution in [0.15, 0.2) is 11.6 Å². The van der Waals surface area contributed by atoms with Crippen molar-refractivity contribution in [1.82, 2.24) is 0 Å². The van der Waals surface area contributed by atoms with Crippen LogP contribution >= 0.6 is 0 Å². The van der Waals surface area contributed by atoms with Crippen molar-refractivity contribution in [3.63, 3.8) is 0 Å². The second-order valence-corrected chi connectivity index (χ2v) is 16.5. The van der Waals surface area contributed by atoms with E-state index in [0.29, 0.717) is 50.5 Å². The van der Waals surface area contributed by atoms with Crippen LogP contribution in [0.4, 0.5) is 0 Å². The van der Waals surface area contributed by atoms with Crippen LogP contribution in [0.2, 0.25) is 0 Å². The first-order chi connectivity index (χ1) is 20.1. The Hall–Kier alpha value is -1.44. The smallest absolute Gasteiger partial charge is 0.307 e. The van der Waals surface area contributed by atoms with E-state index in [-0.39, 0.29) is 51.2 Å². The first-order valence-electron chi connectivity index (χ1n) is 17.1. The molecule has 4 aliphatic carbocycles. The number of fused-ring (bicyclic) bond motifs is 3. The van der Waals surface area contributed by atoms with E-state index in [4.69, 9.17) is 19.9 Å². The summed E-state index contributed by atoms with van der Waals surface area (Å²) in [6.07, 6.45) is 9.21. The third-order valence-electron chi connectivity index (χ3n) is 14.3. The van der Waals surface area contributed by atoms with Crippen LogP contribution in [0.1, 0.15) is 107 Å². The zero-order valence-electron chi connectivity index (χ0n) is 28.2. The van der Waals surface area contributed by atoms with Crippen LogP contribution in [-0.4, -0.2) is 55.6 Å². The summed E-state index contributed by atoms with van der Waals surface area (Å²) >= 11 is 0. The molecule has 43 heavy (non-hydrogen) atoms. The molecule has 0 radical (unpaired) electrons. The summed E-state index contributed by atoms with van der Waals surface area (Å²) in [7, 11) is 0. The van der Waals surface area contributed by atoms with E-state index >= 15 is 0 Å². The predicted octanol–water partition coefficient (Wildman–Crippen LogP) is 6.63. The molecule has 7 nitrogen and oxygen atoms in total. The minimum Gasteiger partial charge on any atom is -0.481 e. The SMILES string of the molecule is CC(=O)O[C@@H]1C[C@@]23COC[C@@](C)(C2CC[C@H]2C3=CC[C@@]3(C)[C@H](C(=O)O)[C@@](C)([C@H](C)C(C)C)CC[C@]23C)[C@H]1OCCCCN. The maximum absolute atomic E-state index is 13.3. The van der Waals surface area contributed by atoms with Gasteiger partial charge in [0.1, 0.15) is 12.2 Å². The zero-order valence-corrected chi connectivity index (χ0v) is 28.2. The van der Waals surface area contributed by atoms with Crippen molar-refractivity contribution in [3.05, 3.63) is 11.6 Å². The summed E-state index contributed by atoms with van der Waals surface area (Å²) < 4.78 is 19.2. The van der Waals surface area contributed by atoms with Gasteiger partial charge in [-0.1, -0.05) is 60.1 Å². The molecule has 4 fully saturated rings.